The minimum Gasteiger partial charge on any atom is -0.345 e. The third-order valence-corrected chi connectivity index (χ3v) is 5.86. The van der Waals surface area contributed by atoms with E-state index in [1.54, 1.807) is 22.8 Å². The van der Waals surface area contributed by atoms with Gasteiger partial charge in [0.15, 0.2) is 5.16 Å². The van der Waals surface area contributed by atoms with Gasteiger partial charge in [-0.3, -0.25) is 14.2 Å². The normalized spacial score (nSPS) is 17.0. The molecule has 0 saturated heterocycles. The molecular weight excluding hydrogens is 365 g/mol. The van der Waals surface area contributed by atoms with Crippen molar-refractivity contribution in [2.24, 2.45) is 0 Å². The third kappa shape index (κ3) is 3.62. The van der Waals surface area contributed by atoms with Gasteiger partial charge in [0.05, 0.1) is 23.8 Å². The van der Waals surface area contributed by atoms with Gasteiger partial charge in [-0.15, -0.1) is 0 Å². The minimum atomic E-state index is -0.379. The predicted molar refractivity (Wildman–Crippen MR) is 101 cm³/mol. The highest BCUT2D eigenvalue weighted by Crippen LogP contribution is 2.33. The smallest absolute Gasteiger partial charge is 0.257 e. The van der Waals surface area contributed by atoms with Crippen LogP contribution in [0.4, 0.5) is 4.39 Å². The van der Waals surface area contributed by atoms with Gasteiger partial charge in [0.2, 0.25) is 5.91 Å². The maximum absolute atomic E-state index is 13.5. The molecule has 0 bridgehead atoms. The summed E-state index contributed by atoms with van der Waals surface area (Å²) in [7, 11) is 0. The van der Waals surface area contributed by atoms with Crippen molar-refractivity contribution < 1.29 is 9.18 Å². The largest absolute Gasteiger partial charge is 0.345 e. The van der Waals surface area contributed by atoms with Crippen LogP contribution in [0.3, 0.4) is 0 Å². The number of amides is 1. The molecule has 1 aliphatic heterocycles. The first-order valence-electron chi connectivity index (χ1n) is 8.90. The number of carbonyl (C=O) groups excluding carboxylic acids is 1. The fourth-order valence-electron chi connectivity index (χ4n) is 3.43. The SMILES string of the molecule is O=C(CC1CSc2nc3c(c(=O)n21)CCC3)NCC#Cc1ccccc1F. The minimum absolute atomic E-state index is 0.00893. The maximum Gasteiger partial charge on any atom is 0.257 e. The molecule has 1 aromatic heterocycles. The molecule has 1 aliphatic carbocycles. The van der Waals surface area contributed by atoms with Gasteiger partial charge < -0.3 is 5.32 Å². The van der Waals surface area contributed by atoms with Crippen molar-refractivity contribution in [1.29, 1.82) is 0 Å². The average molecular weight is 383 g/mol. The summed E-state index contributed by atoms with van der Waals surface area (Å²) in [6.07, 6.45) is 2.82. The Balaban J connectivity index is 1.39. The van der Waals surface area contributed by atoms with Gasteiger partial charge >= 0.3 is 0 Å². The van der Waals surface area contributed by atoms with E-state index in [1.807, 2.05) is 0 Å². The number of nitrogens with zero attached hydrogens (tertiary/aromatic N) is 2. The standard InChI is InChI=1S/C20H18FN3O2S/c21-16-8-2-1-5-13(16)6-4-10-22-18(25)11-14-12-27-20-23-17-9-3-7-15(17)19(26)24(14)20/h1-2,5,8,14H,3,7,9-12H2,(H,22,25). The summed E-state index contributed by atoms with van der Waals surface area (Å²) < 4.78 is 15.2. The monoisotopic (exact) mass is 383 g/mol. The van der Waals surface area contributed by atoms with Crippen LogP contribution in [-0.4, -0.2) is 27.8 Å². The Bertz CT molecular complexity index is 1020. The van der Waals surface area contributed by atoms with Crippen molar-refractivity contribution >= 4 is 17.7 Å². The van der Waals surface area contributed by atoms with Crippen molar-refractivity contribution in [2.75, 3.05) is 12.3 Å². The Morgan fingerprint density at radius 1 is 1.37 bits per heavy atom. The molecule has 1 atom stereocenters. The molecule has 0 spiro atoms. The second kappa shape index (κ2) is 7.57. The summed E-state index contributed by atoms with van der Waals surface area (Å²) >= 11 is 1.53. The van der Waals surface area contributed by atoms with E-state index in [1.165, 1.54) is 17.8 Å². The second-order valence-corrected chi connectivity index (χ2v) is 7.56. The number of benzene rings is 1. The number of aromatic nitrogens is 2. The molecule has 0 saturated carbocycles. The first-order chi connectivity index (χ1) is 13.1. The zero-order valence-electron chi connectivity index (χ0n) is 14.6. The van der Waals surface area contributed by atoms with Crippen molar-refractivity contribution in [3.63, 3.8) is 0 Å². The lowest BCUT2D eigenvalue weighted by atomic mass is 10.2. The maximum atomic E-state index is 13.5. The third-order valence-electron chi connectivity index (χ3n) is 4.76. The molecule has 1 amide bonds. The number of hydrogen-bond donors (Lipinski definition) is 1. The van der Waals surface area contributed by atoms with Gasteiger partial charge in [0.1, 0.15) is 5.82 Å². The molecule has 7 heteroatoms. The van der Waals surface area contributed by atoms with Crippen LogP contribution in [-0.2, 0) is 17.6 Å². The lowest BCUT2D eigenvalue weighted by Crippen LogP contribution is -2.32. The van der Waals surface area contributed by atoms with Crippen LogP contribution >= 0.6 is 11.8 Å². The Morgan fingerprint density at radius 3 is 3.07 bits per heavy atom. The van der Waals surface area contributed by atoms with Crippen LogP contribution in [0.1, 0.15) is 35.7 Å². The number of halogens is 1. The summed E-state index contributed by atoms with van der Waals surface area (Å²) in [6, 6.07) is 6.07. The second-order valence-electron chi connectivity index (χ2n) is 6.58. The summed E-state index contributed by atoms with van der Waals surface area (Å²) in [5.41, 5.74) is 2.05. The van der Waals surface area contributed by atoms with Gasteiger partial charge in [0, 0.05) is 17.7 Å². The average Bonchev–Trinajstić information content (AvgIpc) is 3.28. The summed E-state index contributed by atoms with van der Waals surface area (Å²) in [4.78, 5) is 29.6. The first-order valence-corrected chi connectivity index (χ1v) is 9.89. The van der Waals surface area contributed by atoms with Gasteiger partial charge in [-0.1, -0.05) is 35.7 Å². The fourth-order valence-corrected chi connectivity index (χ4v) is 4.59. The molecule has 27 heavy (non-hydrogen) atoms. The van der Waals surface area contributed by atoms with E-state index in [4.69, 9.17) is 0 Å². The van der Waals surface area contributed by atoms with E-state index < -0.39 is 0 Å². The molecule has 1 N–H and O–H groups in total. The number of nitrogens with one attached hydrogen (secondary N) is 1. The van der Waals surface area contributed by atoms with Crippen molar-refractivity contribution in [3.05, 3.63) is 57.3 Å². The molecule has 0 fully saturated rings. The van der Waals surface area contributed by atoms with Crippen LogP contribution in [0, 0.1) is 17.7 Å². The van der Waals surface area contributed by atoms with Crippen LogP contribution in [0.25, 0.3) is 0 Å². The lowest BCUT2D eigenvalue weighted by Gasteiger charge is -2.13. The number of carbonyl (C=O) groups is 1. The summed E-state index contributed by atoms with van der Waals surface area (Å²) in [6.45, 7) is 0.136. The highest BCUT2D eigenvalue weighted by Gasteiger charge is 2.30. The Morgan fingerprint density at radius 2 is 2.22 bits per heavy atom. The van der Waals surface area contributed by atoms with Crippen molar-refractivity contribution in [3.8, 4) is 11.8 Å². The van der Waals surface area contributed by atoms with E-state index in [2.05, 4.69) is 22.1 Å². The highest BCUT2D eigenvalue weighted by atomic mass is 32.2. The molecule has 1 unspecified atom stereocenters. The summed E-state index contributed by atoms with van der Waals surface area (Å²) in [5.74, 6) is 5.57. The number of fused-ring (bicyclic) bond motifs is 2. The van der Waals surface area contributed by atoms with Crippen LogP contribution in [0.15, 0.2) is 34.2 Å². The molecule has 2 aliphatic rings. The molecule has 138 valence electrons. The van der Waals surface area contributed by atoms with Crippen LogP contribution < -0.4 is 10.9 Å². The Hall–Kier alpha value is -2.59. The molecule has 0 radical (unpaired) electrons. The topological polar surface area (TPSA) is 64.0 Å². The van der Waals surface area contributed by atoms with Crippen molar-refractivity contribution in [2.45, 2.75) is 36.9 Å². The molecular formula is C20H18FN3O2S. The van der Waals surface area contributed by atoms with E-state index >= 15 is 0 Å². The van der Waals surface area contributed by atoms with E-state index in [0.29, 0.717) is 11.3 Å². The Kier molecular flexibility index (Phi) is 4.99. The molecule has 1 aromatic carbocycles. The molecule has 2 aromatic rings. The van der Waals surface area contributed by atoms with E-state index in [9.17, 15) is 14.0 Å². The molecule has 2 heterocycles. The van der Waals surface area contributed by atoms with Gasteiger partial charge in [0.25, 0.3) is 5.56 Å². The van der Waals surface area contributed by atoms with Gasteiger partial charge in [-0.25, -0.2) is 9.37 Å². The van der Waals surface area contributed by atoms with E-state index in [-0.39, 0.29) is 36.3 Å². The quantitative estimate of drug-likeness (QED) is 0.651. The lowest BCUT2D eigenvalue weighted by molar-refractivity contribution is -0.121. The van der Waals surface area contributed by atoms with Crippen LogP contribution in [0.2, 0.25) is 0 Å². The number of aryl methyl sites for hydroxylation is 1. The molecule has 5 nitrogen and oxygen atoms in total. The van der Waals surface area contributed by atoms with Crippen molar-refractivity contribution in [1.82, 2.24) is 14.9 Å². The zero-order chi connectivity index (χ0) is 18.8. The fraction of sp³-hybridized carbons (Fsp3) is 0.350. The highest BCUT2D eigenvalue weighted by molar-refractivity contribution is 7.99. The predicted octanol–water partition coefficient (Wildman–Crippen LogP) is 2.08. The first kappa shape index (κ1) is 17.8. The van der Waals surface area contributed by atoms with E-state index in [0.717, 1.165) is 35.7 Å². The summed E-state index contributed by atoms with van der Waals surface area (Å²) in [5, 5.41) is 3.44. The Labute approximate surface area is 160 Å². The van der Waals surface area contributed by atoms with Gasteiger partial charge in [-0.05, 0) is 31.4 Å². The van der Waals surface area contributed by atoms with Crippen LogP contribution in [0.5, 0.6) is 0 Å². The molecule has 4 rings (SSSR count). The number of hydrogen-bond acceptors (Lipinski definition) is 4. The number of thioether (sulfide) groups is 1. The zero-order valence-corrected chi connectivity index (χ0v) is 15.4. The van der Waals surface area contributed by atoms with Gasteiger partial charge in [-0.2, -0.15) is 0 Å². The number of rotatable bonds is 3.